The highest BCUT2D eigenvalue weighted by Crippen LogP contribution is 2.24. The molecule has 0 aliphatic carbocycles. The molecule has 0 radical (unpaired) electrons. The van der Waals surface area contributed by atoms with Gasteiger partial charge in [0.1, 0.15) is 11.6 Å². The molecule has 0 atom stereocenters. The van der Waals surface area contributed by atoms with E-state index in [1.165, 1.54) is 19.1 Å². The van der Waals surface area contributed by atoms with Crippen molar-refractivity contribution in [2.24, 2.45) is 0 Å². The van der Waals surface area contributed by atoms with E-state index in [0.29, 0.717) is 5.56 Å². The highest BCUT2D eigenvalue weighted by molar-refractivity contribution is 5.64. The summed E-state index contributed by atoms with van der Waals surface area (Å²) in [6, 6.07) is 10.5. The molecule has 17 heavy (non-hydrogen) atoms. The van der Waals surface area contributed by atoms with Crippen molar-refractivity contribution in [3.8, 4) is 11.1 Å². The Hall–Kier alpha value is -1.70. The van der Waals surface area contributed by atoms with Crippen LogP contribution in [0.15, 0.2) is 36.4 Å². The van der Waals surface area contributed by atoms with Gasteiger partial charge < -0.3 is 0 Å². The van der Waals surface area contributed by atoms with Crippen molar-refractivity contribution in [1.29, 1.82) is 0 Å². The molecule has 0 N–H and O–H groups in total. The van der Waals surface area contributed by atoms with Gasteiger partial charge in [-0.1, -0.05) is 31.2 Å². The molecule has 88 valence electrons. The molecule has 2 aromatic carbocycles. The summed E-state index contributed by atoms with van der Waals surface area (Å²) in [6.07, 6.45) is 0.907. The van der Waals surface area contributed by atoms with Crippen molar-refractivity contribution in [3.05, 3.63) is 59.2 Å². The van der Waals surface area contributed by atoms with Gasteiger partial charge >= 0.3 is 0 Å². The van der Waals surface area contributed by atoms with Gasteiger partial charge in [0, 0.05) is 5.56 Å². The Labute approximate surface area is 99.9 Å². The Morgan fingerprint density at radius 1 is 0.941 bits per heavy atom. The number of hydrogen-bond donors (Lipinski definition) is 0. The lowest BCUT2D eigenvalue weighted by molar-refractivity contribution is 0.569. The summed E-state index contributed by atoms with van der Waals surface area (Å²) in [5.74, 6) is -0.996. The lowest BCUT2D eigenvalue weighted by Crippen LogP contribution is -1.91. The van der Waals surface area contributed by atoms with Gasteiger partial charge in [-0.2, -0.15) is 0 Å². The Balaban J connectivity index is 2.52. The first kappa shape index (κ1) is 11.8. The third kappa shape index (κ3) is 2.36. The van der Waals surface area contributed by atoms with E-state index in [9.17, 15) is 8.78 Å². The minimum atomic E-state index is -0.498. The van der Waals surface area contributed by atoms with Crippen LogP contribution in [-0.2, 0) is 6.42 Å². The average Bonchev–Trinajstić information content (AvgIpc) is 2.35. The molecule has 0 bridgehead atoms. The monoisotopic (exact) mass is 232 g/mol. The van der Waals surface area contributed by atoms with Gasteiger partial charge in [-0.25, -0.2) is 8.78 Å². The third-order valence-electron chi connectivity index (χ3n) is 2.95. The first-order valence-electron chi connectivity index (χ1n) is 5.66. The summed E-state index contributed by atoms with van der Waals surface area (Å²) in [4.78, 5) is 0. The lowest BCUT2D eigenvalue weighted by Gasteiger charge is -2.06. The second-order valence-corrected chi connectivity index (χ2v) is 4.12. The Kier molecular flexibility index (Phi) is 3.23. The summed E-state index contributed by atoms with van der Waals surface area (Å²) in [5, 5.41) is 0. The number of hydrogen-bond acceptors (Lipinski definition) is 0. The molecule has 2 rings (SSSR count). The van der Waals surface area contributed by atoms with Gasteiger partial charge in [0.15, 0.2) is 0 Å². The number of benzene rings is 2. The van der Waals surface area contributed by atoms with Crippen LogP contribution in [0.4, 0.5) is 8.78 Å². The van der Waals surface area contributed by atoms with Crippen LogP contribution in [0.25, 0.3) is 11.1 Å². The number of aryl methyl sites for hydroxylation is 1. The van der Waals surface area contributed by atoms with Crippen molar-refractivity contribution >= 4 is 0 Å². The fourth-order valence-corrected chi connectivity index (χ4v) is 1.78. The topological polar surface area (TPSA) is 0 Å². The zero-order valence-corrected chi connectivity index (χ0v) is 9.93. The van der Waals surface area contributed by atoms with Gasteiger partial charge in [-0.05, 0) is 42.2 Å². The van der Waals surface area contributed by atoms with Crippen molar-refractivity contribution in [2.75, 3.05) is 0 Å². The average molecular weight is 232 g/mol. The molecule has 0 amide bonds. The van der Waals surface area contributed by atoms with E-state index in [1.807, 2.05) is 24.3 Å². The molecule has 0 saturated heterocycles. The molecular weight excluding hydrogens is 218 g/mol. The van der Waals surface area contributed by atoms with E-state index in [4.69, 9.17) is 0 Å². The van der Waals surface area contributed by atoms with Crippen LogP contribution in [0, 0.1) is 18.6 Å². The zero-order valence-electron chi connectivity index (χ0n) is 9.93. The maximum absolute atomic E-state index is 13.5. The van der Waals surface area contributed by atoms with Gasteiger partial charge in [0.2, 0.25) is 0 Å². The summed E-state index contributed by atoms with van der Waals surface area (Å²) >= 11 is 0. The Morgan fingerprint density at radius 2 is 1.59 bits per heavy atom. The van der Waals surface area contributed by atoms with Crippen LogP contribution in [0.3, 0.4) is 0 Å². The van der Waals surface area contributed by atoms with Crippen LogP contribution in [0.1, 0.15) is 18.1 Å². The number of halogens is 2. The van der Waals surface area contributed by atoms with Crippen molar-refractivity contribution < 1.29 is 8.78 Å². The second kappa shape index (κ2) is 4.66. The van der Waals surface area contributed by atoms with E-state index in [0.717, 1.165) is 17.5 Å². The van der Waals surface area contributed by atoms with E-state index in [1.54, 1.807) is 0 Å². The van der Waals surface area contributed by atoms with E-state index < -0.39 is 11.6 Å². The molecule has 2 aromatic rings. The molecular formula is C15H14F2. The van der Waals surface area contributed by atoms with E-state index in [-0.39, 0.29) is 5.56 Å². The van der Waals surface area contributed by atoms with Gasteiger partial charge in [-0.3, -0.25) is 0 Å². The molecule has 0 nitrogen and oxygen atoms in total. The minimum absolute atomic E-state index is 0.0698. The molecule has 0 saturated carbocycles. The normalized spacial score (nSPS) is 10.6. The first-order valence-corrected chi connectivity index (χ1v) is 5.66. The van der Waals surface area contributed by atoms with Crippen LogP contribution < -0.4 is 0 Å². The summed E-state index contributed by atoms with van der Waals surface area (Å²) in [7, 11) is 0. The standard InChI is InChI=1S/C15H14F2/c1-3-11-5-4-6-12(7-11)13-8-14(16)10(2)15(17)9-13/h4-9H,3H2,1-2H3. The molecule has 2 heteroatoms. The van der Waals surface area contributed by atoms with Gasteiger partial charge in [0.05, 0.1) is 0 Å². The molecule has 0 spiro atoms. The zero-order chi connectivity index (χ0) is 12.4. The molecule has 0 aliphatic rings. The first-order chi connectivity index (χ1) is 8.11. The van der Waals surface area contributed by atoms with Crippen molar-refractivity contribution in [2.45, 2.75) is 20.3 Å². The van der Waals surface area contributed by atoms with Crippen LogP contribution in [0.5, 0.6) is 0 Å². The highest BCUT2D eigenvalue weighted by Gasteiger charge is 2.08. The summed E-state index contributed by atoms with van der Waals surface area (Å²) in [6.45, 7) is 3.49. The summed E-state index contributed by atoms with van der Waals surface area (Å²) in [5.41, 5.74) is 2.66. The van der Waals surface area contributed by atoms with Crippen LogP contribution in [0.2, 0.25) is 0 Å². The van der Waals surface area contributed by atoms with E-state index in [2.05, 4.69) is 6.92 Å². The fourth-order valence-electron chi connectivity index (χ4n) is 1.78. The van der Waals surface area contributed by atoms with E-state index >= 15 is 0 Å². The fraction of sp³-hybridized carbons (Fsp3) is 0.200. The smallest absolute Gasteiger partial charge is 0.129 e. The lowest BCUT2D eigenvalue weighted by atomic mass is 10.0. The van der Waals surface area contributed by atoms with Crippen molar-refractivity contribution in [1.82, 2.24) is 0 Å². The SMILES string of the molecule is CCc1cccc(-c2cc(F)c(C)c(F)c2)c1. The second-order valence-electron chi connectivity index (χ2n) is 4.12. The molecule has 0 heterocycles. The maximum atomic E-state index is 13.5. The summed E-state index contributed by atoms with van der Waals surface area (Å²) < 4.78 is 26.9. The Morgan fingerprint density at radius 3 is 2.18 bits per heavy atom. The minimum Gasteiger partial charge on any atom is -0.207 e. The van der Waals surface area contributed by atoms with Crippen LogP contribution in [-0.4, -0.2) is 0 Å². The third-order valence-corrected chi connectivity index (χ3v) is 2.95. The highest BCUT2D eigenvalue weighted by atomic mass is 19.1. The molecule has 0 aromatic heterocycles. The van der Waals surface area contributed by atoms with Crippen LogP contribution >= 0.6 is 0 Å². The maximum Gasteiger partial charge on any atom is 0.129 e. The molecule has 0 aliphatic heterocycles. The molecule has 0 unspecified atom stereocenters. The quantitative estimate of drug-likeness (QED) is 0.715. The molecule has 0 fully saturated rings. The number of rotatable bonds is 2. The largest absolute Gasteiger partial charge is 0.207 e. The van der Waals surface area contributed by atoms with Gasteiger partial charge in [0.25, 0.3) is 0 Å². The predicted octanol–water partition coefficient (Wildman–Crippen LogP) is 4.50. The predicted molar refractivity (Wildman–Crippen MR) is 65.9 cm³/mol. The van der Waals surface area contributed by atoms with Gasteiger partial charge in [-0.15, -0.1) is 0 Å². The van der Waals surface area contributed by atoms with Crippen molar-refractivity contribution in [3.63, 3.8) is 0 Å². The Bertz CT molecular complexity index is 521.